The number of carbonyl (C=O) groups excluding carboxylic acids is 1. The molecule has 0 saturated carbocycles. The fourth-order valence-electron chi connectivity index (χ4n) is 2.91. The van der Waals surface area contributed by atoms with E-state index in [1.165, 1.54) is 0 Å². The summed E-state index contributed by atoms with van der Waals surface area (Å²) < 4.78 is 5.28. The molecule has 0 spiro atoms. The Labute approximate surface area is 129 Å². The van der Waals surface area contributed by atoms with E-state index < -0.39 is 0 Å². The lowest BCUT2D eigenvalue weighted by atomic mass is 9.98. The van der Waals surface area contributed by atoms with Crippen molar-refractivity contribution >= 4 is 6.03 Å². The third-order valence-corrected chi connectivity index (χ3v) is 4.07. The average molecular weight is 302 g/mol. The fourth-order valence-corrected chi connectivity index (χ4v) is 2.91. The Morgan fingerprint density at radius 2 is 2.50 bits per heavy atom. The molecule has 6 nitrogen and oxygen atoms in total. The molecule has 2 aromatic heterocycles. The molecule has 2 aromatic rings. The van der Waals surface area contributed by atoms with Crippen molar-refractivity contribution in [3.63, 3.8) is 0 Å². The quantitative estimate of drug-likeness (QED) is 0.833. The van der Waals surface area contributed by atoms with Gasteiger partial charge in [-0.15, -0.1) is 0 Å². The van der Waals surface area contributed by atoms with Crippen LogP contribution in [0.5, 0.6) is 0 Å². The van der Waals surface area contributed by atoms with Gasteiger partial charge in [0.1, 0.15) is 11.6 Å². The van der Waals surface area contributed by atoms with Crippen LogP contribution in [0.15, 0.2) is 35.2 Å². The van der Waals surface area contributed by atoms with Gasteiger partial charge in [0.2, 0.25) is 0 Å². The van der Waals surface area contributed by atoms with E-state index in [9.17, 15) is 4.79 Å². The van der Waals surface area contributed by atoms with Gasteiger partial charge < -0.3 is 19.6 Å². The first kappa shape index (κ1) is 14.7. The number of furan rings is 1. The van der Waals surface area contributed by atoms with Gasteiger partial charge in [0.15, 0.2) is 0 Å². The number of urea groups is 1. The molecule has 0 bridgehead atoms. The SMILES string of the molecule is O=C(NCCCc1ccco1)N1CCC[C@H](c2ncc[nH]2)C1. The number of nitrogens with one attached hydrogen (secondary N) is 2. The van der Waals surface area contributed by atoms with Crippen molar-refractivity contribution in [2.75, 3.05) is 19.6 Å². The van der Waals surface area contributed by atoms with Crippen LogP contribution in [-0.4, -0.2) is 40.5 Å². The molecule has 1 aliphatic heterocycles. The molecule has 3 heterocycles. The predicted molar refractivity (Wildman–Crippen MR) is 82.6 cm³/mol. The molecule has 1 fully saturated rings. The molecule has 0 unspecified atom stereocenters. The summed E-state index contributed by atoms with van der Waals surface area (Å²) in [5.74, 6) is 2.26. The number of amides is 2. The number of aromatic amines is 1. The van der Waals surface area contributed by atoms with Gasteiger partial charge >= 0.3 is 6.03 Å². The second-order valence-electron chi connectivity index (χ2n) is 5.67. The highest BCUT2D eigenvalue weighted by Gasteiger charge is 2.25. The molecule has 2 N–H and O–H groups in total. The van der Waals surface area contributed by atoms with Crippen molar-refractivity contribution < 1.29 is 9.21 Å². The van der Waals surface area contributed by atoms with Gasteiger partial charge in [0.25, 0.3) is 0 Å². The van der Waals surface area contributed by atoms with Gasteiger partial charge in [-0.25, -0.2) is 9.78 Å². The van der Waals surface area contributed by atoms with Gasteiger partial charge in [-0.2, -0.15) is 0 Å². The van der Waals surface area contributed by atoms with Crippen molar-refractivity contribution in [2.45, 2.75) is 31.6 Å². The summed E-state index contributed by atoms with van der Waals surface area (Å²) in [4.78, 5) is 21.6. The number of aryl methyl sites for hydroxylation is 1. The Morgan fingerprint density at radius 1 is 1.55 bits per heavy atom. The fraction of sp³-hybridized carbons (Fsp3) is 0.500. The third kappa shape index (κ3) is 3.69. The zero-order valence-corrected chi connectivity index (χ0v) is 12.6. The van der Waals surface area contributed by atoms with Gasteiger partial charge in [0.05, 0.1) is 6.26 Å². The number of hydrogen-bond acceptors (Lipinski definition) is 3. The number of imidazole rings is 1. The highest BCUT2D eigenvalue weighted by Crippen LogP contribution is 2.24. The molecular formula is C16H22N4O2. The Morgan fingerprint density at radius 3 is 3.27 bits per heavy atom. The van der Waals surface area contributed by atoms with Gasteiger partial charge in [-0.1, -0.05) is 0 Å². The largest absolute Gasteiger partial charge is 0.469 e. The van der Waals surface area contributed by atoms with E-state index in [0.29, 0.717) is 12.5 Å². The summed E-state index contributed by atoms with van der Waals surface area (Å²) in [6.45, 7) is 2.22. The normalized spacial score (nSPS) is 18.4. The highest BCUT2D eigenvalue weighted by molar-refractivity contribution is 5.74. The molecule has 6 heteroatoms. The third-order valence-electron chi connectivity index (χ3n) is 4.07. The number of piperidine rings is 1. The van der Waals surface area contributed by atoms with Crippen LogP contribution in [0.4, 0.5) is 4.79 Å². The first-order valence-electron chi connectivity index (χ1n) is 7.87. The van der Waals surface area contributed by atoms with E-state index in [1.807, 2.05) is 23.2 Å². The molecular weight excluding hydrogens is 280 g/mol. The smallest absolute Gasteiger partial charge is 0.317 e. The van der Waals surface area contributed by atoms with Crippen LogP contribution in [-0.2, 0) is 6.42 Å². The lowest BCUT2D eigenvalue weighted by Gasteiger charge is -2.31. The van der Waals surface area contributed by atoms with Crippen molar-refractivity contribution in [1.29, 1.82) is 0 Å². The van der Waals surface area contributed by atoms with Crippen LogP contribution < -0.4 is 5.32 Å². The summed E-state index contributed by atoms with van der Waals surface area (Å²) in [6.07, 6.45) is 9.11. The maximum Gasteiger partial charge on any atom is 0.317 e. The van der Waals surface area contributed by atoms with Crippen molar-refractivity contribution in [3.05, 3.63) is 42.4 Å². The molecule has 3 rings (SSSR count). The maximum absolute atomic E-state index is 12.2. The highest BCUT2D eigenvalue weighted by atomic mass is 16.3. The summed E-state index contributed by atoms with van der Waals surface area (Å²) in [6, 6.07) is 3.87. The van der Waals surface area contributed by atoms with Crippen LogP contribution in [0.25, 0.3) is 0 Å². The van der Waals surface area contributed by atoms with Crippen molar-refractivity contribution in [2.24, 2.45) is 0 Å². The minimum absolute atomic E-state index is 0.0238. The summed E-state index contributed by atoms with van der Waals surface area (Å²) in [7, 11) is 0. The van der Waals surface area contributed by atoms with Gasteiger partial charge in [-0.05, 0) is 31.4 Å². The predicted octanol–water partition coefficient (Wildman–Crippen LogP) is 2.52. The summed E-state index contributed by atoms with van der Waals surface area (Å²) in [5.41, 5.74) is 0. The van der Waals surface area contributed by atoms with E-state index in [0.717, 1.165) is 50.4 Å². The minimum atomic E-state index is 0.0238. The number of nitrogens with zero attached hydrogens (tertiary/aromatic N) is 2. The Bertz CT molecular complexity index is 565. The van der Waals surface area contributed by atoms with Crippen LogP contribution in [0.2, 0.25) is 0 Å². The summed E-state index contributed by atoms with van der Waals surface area (Å²) in [5, 5.41) is 3.00. The maximum atomic E-state index is 12.2. The Kier molecular flexibility index (Phi) is 4.78. The lowest BCUT2D eigenvalue weighted by Crippen LogP contribution is -2.45. The topological polar surface area (TPSA) is 74.2 Å². The monoisotopic (exact) mass is 302 g/mol. The number of H-pyrrole nitrogens is 1. The van der Waals surface area contributed by atoms with Crippen LogP contribution in [0.3, 0.4) is 0 Å². The van der Waals surface area contributed by atoms with Crippen LogP contribution in [0.1, 0.15) is 36.8 Å². The molecule has 0 radical (unpaired) electrons. The van der Waals surface area contributed by atoms with Gasteiger partial charge in [-0.3, -0.25) is 0 Å². The minimum Gasteiger partial charge on any atom is -0.469 e. The van der Waals surface area contributed by atoms with Crippen LogP contribution in [0, 0.1) is 0 Å². The first-order valence-corrected chi connectivity index (χ1v) is 7.87. The number of carbonyl (C=O) groups is 1. The summed E-state index contributed by atoms with van der Waals surface area (Å²) >= 11 is 0. The molecule has 0 aromatic carbocycles. The molecule has 22 heavy (non-hydrogen) atoms. The van der Waals surface area contributed by atoms with Crippen LogP contribution >= 0.6 is 0 Å². The number of likely N-dealkylation sites (tertiary alicyclic amines) is 1. The van der Waals surface area contributed by atoms with E-state index in [2.05, 4.69) is 15.3 Å². The van der Waals surface area contributed by atoms with E-state index >= 15 is 0 Å². The zero-order valence-electron chi connectivity index (χ0n) is 12.6. The second kappa shape index (κ2) is 7.15. The Hall–Kier alpha value is -2.24. The van der Waals surface area contributed by atoms with E-state index in [-0.39, 0.29) is 6.03 Å². The lowest BCUT2D eigenvalue weighted by molar-refractivity contribution is 0.178. The number of rotatable bonds is 5. The van der Waals surface area contributed by atoms with E-state index in [1.54, 1.807) is 12.5 Å². The molecule has 1 atom stereocenters. The number of aromatic nitrogens is 2. The van der Waals surface area contributed by atoms with E-state index in [4.69, 9.17) is 4.42 Å². The van der Waals surface area contributed by atoms with Gasteiger partial charge in [0, 0.05) is 44.4 Å². The molecule has 0 aliphatic carbocycles. The molecule has 2 amide bonds. The van der Waals surface area contributed by atoms with Crippen molar-refractivity contribution in [1.82, 2.24) is 20.2 Å². The molecule has 1 aliphatic rings. The standard InChI is InChI=1S/C16H22N4O2/c21-16(19-7-1-5-14-6-3-11-22-14)20-10-2-4-13(12-20)15-17-8-9-18-15/h3,6,8-9,11,13H,1-2,4-5,7,10,12H2,(H,17,18)(H,19,21)/t13-/m0/s1. The average Bonchev–Trinajstić information content (AvgIpc) is 3.24. The molecule has 1 saturated heterocycles. The van der Waals surface area contributed by atoms with Crippen molar-refractivity contribution in [3.8, 4) is 0 Å². The second-order valence-corrected chi connectivity index (χ2v) is 5.67. The number of hydrogen-bond donors (Lipinski definition) is 2. The zero-order chi connectivity index (χ0) is 15.2. The molecule has 118 valence electrons. The first-order chi connectivity index (χ1) is 10.8. The Balaban J connectivity index is 1.41.